The van der Waals surface area contributed by atoms with Crippen molar-refractivity contribution in [1.29, 1.82) is 0 Å². The van der Waals surface area contributed by atoms with Gasteiger partial charge in [-0.3, -0.25) is 9.58 Å². The lowest BCUT2D eigenvalue weighted by atomic mass is 10.0. The van der Waals surface area contributed by atoms with E-state index in [0.717, 1.165) is 82.7 Å². The summed E-state index contributed by atoms with van der Waals surface area (Å²) in [6.07, 6.45) is 6.47. The number of benzene rings is 1. The highest BCUT2D eigenvalue weighted by molar-refractivity contribution is 7.19. The second-order valence-corrected chi connectivity index (χ2v) is 9.74. The van der Waals surface area contributed by atoms with E-state index >= 15 is 0 Å². The summed E-state index contributed by atoms with van der Waals surface area (Å²) >= 11 is 1.68. The molecule has 0 amide bonds. The molecule has 0 atom stereocenters. The summed E-state index contributed by atoms with van der Waals surface area (Å²) in [5, 5.41) is 7.42. The maximum atomic E-state index is 6.04. The molecule has 0 radical (unpaired) electrons. The van der Waals surface area contributed by atoms with Crippen LogP contribution in [0.2, 0.25) is 0 Å². The van der Waals surface area contributed by atoms with Crippen LogP contribution in [0.4, 0.5) is 11.6 Å². The van der Waals surface area contributed by atoms with E-state index in [4.69, 9.17) is 19.2 Å². The van der Waals surface area contributed by atoms with Gasteiger partial charge in [-0.2, -0.15) is 5.10 Å². The van der Waals surface area contributed by atoms with E-state index in [1.165, 1.54) is 0 Å². The molecule has 4 heterocycles. The molecule has 5 rings (SSSR count). The molecular weight excluding hydrogens is 464 g/mol. The van der Waals surface area contributed by atoms with Crippen LogP contribution >= 0.6 is 11.3 Å². The van der Waals surface area contributed by atoms with Crippen LogP contribution in [0.3, 0.4) is 0 Å². The van der Waals surface area contributed by atoms with Crippen LogP contribution in [0.25, 0.3) is 21.3 Å². The normalized spacial score (nSPS) is 14.4. The van der Waals surface area contributed by atoms with Gasteiger partial charge in [-0.25, -0.2) is 9.97 Å². The molecule has 1 aliphatic rings. The highest BCUT2D eigenvalue weighted by Crippen LogP contribution is 2.42. The van der Waals surface area contributed by atoms with Gasteiger partial charge >= 0.3 is 0 Å². The van der Waals surface area contributed by atoms with Crippen molar-refractivity contribution in [3.05, 3.63) is 41.7 Å². The lowest BCUT2D eigenvalue weighted by Gasteiger charge is -2.26. The second-order valence-electron chi connectivity index (χ2n) is 8.49. The number of hydrogen-bond acceptors (Lipinski definition) is 9. The number of anilines is 2. The molecular formula is C25H30N6O3S. The predicted octanol–water partition coefficient (Wildman–Crippen LogP) is 4.25. The van der Waals surface area contributed by atoms with Gasteiger partial charge in [0, 0.05) is 54.9 Å². The maximum Gasteiger partial charge on any atom is 0.227 e. The number of fused-ring (bicyclic) bond motifs is 1. The van der Waals surface area contributed by atoms with Gasteiger partial charge in [0.05, 0.1) is 55.2 Å². The lowest BCUT2D eigenvalue weighted by Crippen LogP contribution is -2.37. The average molecular weight is 495 g/mol. The van der Waals surface area contributed by atoms with Crippen LogP contribution in [0.5, 0.6) is 11.5 Å². The van der Waals surface area contributed by atoms with Gasteiger partial charge in [0.15, 0.2) is 0 Å². The lowest BCUT2D eigenvalue weighted by molar-refractivity contribution is 0.0358. The zero-order valence-corrected chi connectivity index (χ0v) is 21.1. The minimum Gasteiger partial charge on any atom is -0.496 e. The van der Waals surface area contributed by atoms with Crippen LogP contribution < -0.4 is 14.8 Å². The number of nitrogens with one attached hydrogen (secondary N) is 1. The first-order valence-electron chi connectivity index (χ1n) is 11.7. The number of methoxy groups -OCH3 is 1. The Morgan fingerprint density at radius 3 is 2.83 bits per heavy atom. The Kier molecular flexibility index (Phi) is 7.12. The SMILES string of the molecule is COc1cc(OCCCN2CCOCC2)ccc1-c1c(C)sc2cnc(Nc3cnn(C)c3)nc12. The number of aromatic nitrogens is 4. The maximum absolute atomic E-state index is 6.04. The number of aryl methyl sites for hydroxylation is 2. The minimum absolute atomic E-state index is 0.531. The highest BCUT2D eigenvalue weighted by atomic mass is 32.1. The van der Waals surface area contributed by atoms with Crippen molar-refractivity contribution in [3.8, 4) is 22.6 Å². The van der Waals surface area contributed by atoms with E-state index in [2.05, 4.69) is 33.3 Å². The molecule has 0 spiro atoms. The monoisotopic (exact) mass is 494 g/mol. The zero-order valence-electron chi connectivity index (χ0n) is 20.3. The quantitative estimate of drug-likeness (QED) is 0.346. The minimum atomic E-state index is 0.531. The third-order valence-corrected chi connectivity index (χ3v) is 7.03. The van der Waals surface area contributed by atoms with Gasteiger partial charge in [0.1, 0.15) is 11.5 Å². The topological polar surface area (TPSA) is 86.6 Å². The first-order valence-corrected chi connectivity index (χ1v) is 12.6. The van der Waals surface area contributed by atoms with Crippen molar-refractivity contribution in [2.45, 2.75) is 13.3 Å². The summed E-state index contributed by atoms with van der Waals surface area (Å²) in [6.45, 7) is 7.43. The predicted molar refractivity (Wildman–Crippen MR) is 138 cm³/mol. The van der Waals surface area contributed by atoms with Gasteiger partial charge in [-0.05, 0) is 25.5 Å². The van der Waals surface area contributed by atoms with Crippen LogP contribution in [-0.4, -0.2) is 71.2 Å². The van der Waals surface area contributed by atoms with E-state index in [1.54, 1.807) is 29.3 Å². The van der Waals surface area contributed by atoms with Crippen molar-refractivity contribution in [3.63, 3.8) is 0 Å². The summed E-state index contributed by atoms with van der Waals surface area (Å²) in [5.74, 6) is 2.10. The first-order chi connectivity index (χ1) is 17.1. The van der Waals surface area contributed by atoms with E-state index in [0.29, 0.717) is 12.6 Å². The molecule has 9 nitrogen and oxygen atoms in total. The number of nitrogens with zero attached hydrogens (tertiary/aromatic N) is 5. The second kappa shape index (κ2) is 10.6. The van der Waals surface area contributed by atoms with Gasteiger partial charge in [0.25, 0.3) is 0 Å². The van der Waals surface area contributed by atoms with E-state index in [-0.39, 0.29) is 0 Å². The Morgan fingerprint density at radius 2 is 2.06 bits per heavy atom. The highest BCUT2D eigenvalue weighted by Gasteiger charge is 2.18. The molecule has 1 N–H and O–H groups in total. The van der Waals surface area contributed by atoms with Gasteiger partial charge in [-0.15, -0.1) is 11.3 Å². The molecule has 4 aromatic rings. The van der Waals surface area contributed by atoms with Crippen LogP contribution in [0, 0.1) is 6.92 Å². The molecule has 184 valence electrons. The van der Waals surface area contributed by atoms with Crippen molar-refractivity contribution in [2.24, 2.45) is 7.05 Å². The molecule has 0 unspecified atom stereocenters. The Morgan fingerprint density at radius 1 is 1.20 bits per heavy atom. The molecule has 1 aliphatic heterocycles. The number of ether oxygens (including phenoxy) is 3. The van der Waals surface area contributed by atoms with Crippen molar-refractivity contribution in [2.75, 3.05) is 51.9 Å². The molecule has 35 heavy (non-hydrogen) atoms. The summed E-state index contributed by atoms with van der Waals surface area (Å²) in [5.41, 5.74) is 3.78. The summed E-state index contributed by atoms with van der Waals surface area (Å²) in [7, 11) is 3.56. The molecule has 0 aliphatic carbocycles. The fraction of sp³-hybridized carbons (Fsp3) is 0.400. The number of thiophene rings is 1. The van der Waals surface area contributed by atoms with Crippen molar-refractivity contribution >= 4 is 33.2 Å². The summed E-state index contributed by atoms with van der Waals surface area (Å²) < 4.78 is 20.0. The molecule has 1 saturated heterocycles. The van der Waals surface area contributed by atoms with E-state index < -0.39 is 0 Å². The van der Waals surface area contributed by atoms with Gasteiger partial charge < -0.3 is 19.5 Å². The van der Waals surface area contributed by atoms with Crippen LogP contribution in [-0.2, 0) is 11.8 Å². The average Bonchev–Trinajstić information content (AvgIpc) is 3.43. The zero-order chi connectivity index (χ0) is 24.2. The van der Waals surface area contributed by atoms with E-state index in [9.17, 15) is 0 Å². The van der Waals surface area contributed by atoms with Crippen molar-refractivity contribution < 1.29 is 14.2 Å². The van der Waals surface area contributed by atoms with Gasteiger partial charge in [0.2, 0.25) is 5.95 Å². The van der Waals surface area contributed by atoms with Crippen LogP contribution in [0.1, 0.15) is 11.3 Å². The number of rotatable bonds is 9. The standard InChI is InChI=1S/C25H30N6O3S/c1-17-23(24-22(35-17)15-26-25(29-24)28-18-14-27-30(2)16-18)20-6-5-19(13-21(20)32-3)34-10-4-7-31-8-11-33-12-9-31/h5-6,13-16H,4,7-12H2,1-3H3,(H,26,28,29). The first kappa shape index (κ1) is 23.5. The summed E-state index contributed by atoms with van der Waals surface area (Å²) in [6, 6.07) is 6.02. The molecule has 1 aromatic carbocycles. The molecule has 0 saturated carbocycles. The molecule has 0 bridgehead atoms. The smallest absolute Gasteiger partial charge is 0.227 e. The molecule has 1 fully saturated rings. The Balaban J connectivity index is 1.34. The number of hydrogen-bond donors (Lipinski definition) is 1. The van der Waals surface area contributed by atoms with E-state index in [1.807, 2.05) is 31.6 Å². The largest absolute Gasteiger partial charge is 0.496 e. The fourth-order valence-corrected chi connectivity index (χ4v) is 5.26. The Hall–Kier alpha value is -3.21. The van der Waals surface area contributed by atoms with Gasteiger partial charge in [-0.1, -0.05) is 0 Å². The Labute approximate surface area is 208 Å². The fourth-order valence-electron chi connectivity index (χ4n) is 4.27. The Bertz CT molecular complexity index is 1300. The third-order valence-electron chi connectivity index (χ3n) is 6.00. The number of morpholine rings is 1. The summed E-state index contributed by atoms with van der Waals surface area (Å²) in [4.78, 5) is 12.9. The van der Waals surface area contributed by atoms with Crippen molar-refractivity contribution in [1.82, 2.24) is 24.6 Å². The molecule has 3 aromatic heterocycles. The third kappa shape index (κ3) is 5.39. The molecule has 10 heteroatoms. The van der Waals surface area contributed by atoms with Crippen LogP contribution in [0.15, 0.2) is 36.8 Å².